The summed E-state index contributed by atoms with van der Waals surface area (Å²) < 4.78 is 0. The van der Waals surface area contributed by atoms with E-state index in [-0.39, 0.29) is 17.0 Å². The van der Waals surface area contributed by atoms with E-state index in [1.54, 1.807) is 19.9 Å². The number of hydrogen-bond acceptors (Lipinski definition) is 4. The van der Waals surface area contributed by atoms with Gasteiger partial charge in [0.15, 0.2) is 0 Å². The molecule has 6 heteroatoms. The van der Waals surface area contributed by atoms with Crippen LogP contribution >= 0.6 is 0 Å². The van der Waals surface area contributed by atoms with Crippen LogP contribution in [0.15, 0.2) is 18.2 Å². The Bertz CT molecular complexity index is 617. The molecule has 1 aliphatic heterocycles. The van der Waals surface area contributed by atoms with Gasteiger partial charge in [0.25, 0.3) is 0 Å². The van der Waals surface area contributed by atoms with Gasteiger partial charge in [0.1, 0.15) is 11.6 Å². The zero-order valence-corrected chi connectivity index (χ0v) is 11.3. The Hall–Kier alpha value is -2.55. The molecule has 1 aliphatic rings. The molecule has 0 saturated carbocycles. The van der Waals surface area contributed by atoms with Gasteiger partial charge in [-0.1, -0.05) is 0 Å². The van der Waals surface area contributed by atoms with Crippen LogP contribution < -0.4 is 10.2 Å². The van der Waals surface area contributed by atoms with Gasteiger partial charge in [-0.05, 0) is 32.0 Å². The molecule has 1 aromatic carbocycles. The lowest BCUT2D eigenvalue weighted by molar-refractivity contribution is -0.126. The molecular formula is C14H15N3O3. The summed E-state index contributed by atoms with van der Waals surface area (Å²) in [5.41, 5.74) is 0.115. The number of carboxylic acid groups (broad SMARTS) is 1. The lowest BCUT2D eigenvalue weighted by Crippen LogP contribution is -2.62. The van der Waals surface area contributed by atoms with Crippen LogP contribution in [0.2, 0.25) is 0 Å². The minimum absolute atomic E-state index is 0.0598. The molecule has 2 N–H and O–H groups in total. The van der Waals surface area contributed by atoms with Crippen molar-refractivity contribution in [2.45, 2.75) is 19.4 Å². The second kappa shape index (κ2) is 4.85. The van der Waals surface area contributed by atoms with Crippen LogP contribution in [-0.2, 0) is 4.79 Å². The van der Waals surface area contributed by atoms with Gasteiger partial charge in [-0.15, -0.1) is 0 Å². The second-order valence-corrected chi connectivity index (χ2v) is 5.12. The highest BCUT2D eigenvalue weighted by Crippen LogP contribution is 2.29. The maximum absolute atomic E-state index is 11.9. The summed E-state index contributed by atoms with van der Waals surface area (Å²) in [5.74, 6) is -1.20. The first-order valence-corrected chi connectivity index (χ1v) is 6.21. The molecule has 0 aliphatic carbocycles. The molecule has 20 heavy (non-hydrogen) atoms. The highest BCUT2D eigenvalue weighted by Gasteiger charge is 2.38. The Morgan fingerprint density at radius 2 is 2.20 bits per heavy atom. The molecule has 2 rings (SSSR count). The number of carbonyl (C=O) groups is 2. The number of rotatable bonds is 2. The van der Waals surface area contributed by atoms with Crippen molar-refractivity contribution < 1.29 is 14.7 Å². The Morgan fingerprint density at radius 3 is 2.80 bits per heavy atom. The fourth-order valence-electron chi connectivity index (χ4n) is 2.32. The molecule has 1 heterocycles. The Balaban J connectivity index is 2.50. The van der Waals surface area contributed by atoms with E-state index in [0.717, 1.165) is 0 Å². The minimum Gasteiger partial charge on any atom is -0.478 e. The topological polar surface area (TPSA) is 93.4 Å². The SMILES string of the molecule is CC1(C)C(=O)NCCN1c1ccc(C(=O)O)cc1C#N. The number of nitrogens with one attached hydrogen (secondary N) is 1. The Kier molecular flexibility index (Phi) is 3.36. The van der Waals surface area contributed by atoms with Crippen molar-refractivity contribution >= 4 is 17.6 Å². The van der Waals surface area contributed by atoms with Crippen molar-refractivity contribution in [3.8, 4) is 6.07 Å². The molecule has 0 aromatic heterocycles. The van der Waals surface area contributed by atoms with Crippen molar-refractivity contribution in [2.24, 2.45) is 0 Å². The van der Waals surface area contributed by atoms with Crippen LogP contribution in [0.1, 0.15) is 29.8 Å². The number of anilines is 1. The predicted molar refractivity (Wildman–Crippen MR) is 72.6 cm³/mol. The average Bonchev–Trinajstić information content (AvgIpc) is 2.41. The van der Waals surface area contributed by atoms with Crippen molar-refractivity contribution in [3.63, 3.8) is 0 Å². The molecule has 0 radical (unpaired) electrons. The number of hydrogen-bond donors (Lipinski definition) is 2. The van der Waals surface area contributed by atoms with Crippen molar-refractivity contribution in [1.82, 2.24) is 5.32 Å². The number of nitrogens with zero attached hydrogens (tertiary/aromatic N) is 2. The maximum atomic E-state index is 11.9. The number of amides is 1. The average molecular weight is 273 g/mol. The van der Waals surface area contributed by atoms with Crippen LogP contribution in [-0.4, -0.2) is 35.6 Å². The Morgan fingerprint density at radius 1 is 1.50 bits per heavy atom. The standard InChI is InChI=1S/C14H15N3O3/c1-14(2)13(20)16-5-6-17(14)11-4-3-9(12(18)19)7-10(11)8-15/h3-4,7H,5-6H2,1-2H3,(H,16,20)(H,18,19). The molecule has 1 amide bonds. The molecule has 1 fully saturated rings. The largest absolute Gasteiger partial charge is 0.478 e. The summed E-state index contributed by atoms with van der Waals surface area (Å²) in [6.07, 6.45) is 0. The molecule has 6 nitrogen and oxygen atoms in total. The second-order valence-electron chi connectivity index (χ2n) is 5.12. The third kappa shape index (κ3) is 2.18. The summed E-state index contributed by atoms with van der Waals surface area (Å²) in [5, 5.41) is 21.0. The van der Waals surface area contributed by atoms with Crippen molar-refractivity contribution in [2.75, 3.05) is 18.0 Å². The number of benzene rings is 1. The number of carbonyl (C=O) groups excluding carboxylic acids is 1. The van der Waals surface area contributed by atoms with Gasteiger partial charge in [-0.3, -0.25) is 4.79 Å². The Labute approximate surface area is 116 Å². The number of aromatic carboxylic acids is 1. The maximum Gasteiger partial charge on any atom is 0.335 e. The van der Waals surface area contributed by atoms with Gasteiger partial charge >= 0.3 is 5.97 Å². The van der Waals surface area contributed by atoms with Crippen molar-refractivity contribution in [1.29, 1.82) is 5.26 Å². The van der Waals surface area contributed by atoms with Gasteiger partial charge in [0.05, 0.1) is 16.8 Å². The van der Waals surface area contributed by atoms with Gasteiger partial charge in [0.2, 0.25) is 5.91 Å². The minimum atomic E-state index is -1.08. The van der Waals surface area contributed by atoms with Gasteiger partial charge in [-0.25, -0.2) is 4.79 Å². The highest BCUT2D eigenvalue weighted by molar-refractivity contribution is 5.92. The van der Waals surface area contributed by atoms with Crippen LogP contribution in [0, 0.1) is 11.3 Å². The summed E-state index contributed by atoms with van der Waals surface area (Å²) >= 11 is 0. The smallest absolute Gasteiger partial charge is 0.335 e. The molecule has 0 spiro atoms. The lowest BCUT2D eigenvalue weighted by atomic mass is 9.96. The number of carboxylic acids is 1. The van der Waals surface area contributed by atoms with Gasteiger partial charge in [-0.2, -0.15) is 5.26 Å². The number of piperazine rings is 1. The monoisotopic (exact) mass is 273 g/mol. The fraction of sp³-hybridized carbons (Fsp3) is 0.357. The first-order valence-electron chi connectivity index (χ1n) is 6.21. The lowest BCUT2D eigenvalue weighted by Gasteiger charge is -2.43. The third-order valence-electron chi connectivity index (χ3n) is 3.51. The third-order valence-corrected chi connectivity index (χ3v) is 3.51. The first-order chi connectivity index (χ1) is 9.37. The summed E-state index contributed by atoms with van der Waals surface area (Å²) in [7, 11) is 0. The zero-order valence-electron chi connectivity index (χ0n) is 11.3. The van der Waals surface area contributed by atoms with Gasteiger partial charge < -0.3 is 15.3 Å². The first kappa shape index (κ1) is 13.9. The fourth-order valence-corrected chi connectivity index (χ4v) is 2.32. The van der Waals surface area contributed by atoms with E-state index in [4.69, 9.17) is 5.11 Å². The molecule has 0 atom stereocenters. The van der Waals surface area contributed by atoms with Crippen LogP contribution in [0.3, 0.4) is 0 Å². The summed E-state index contributed by atoms with van der Waals surface area (Å²) in [4.78, 5) is 24.7. The van der Waals surface area contributed by atoms with Crippen LogP contribution in [0.25, 0.3) is 0 Å². The highest BCUT2D eigenvalue weighted by atomic mass is 16.4. The van der Waals surface area contributed by atoms with Gasteiger partial charge in [0, 0.05) is 13.1 Å². The summed E-state index contributed by atoms with van der Waals surface area (Å²) in [6, 6.07) is 6.37. The molecular weight excluding hydrogens is 258 g/mol. The van der Waals surface area contributed by atoms with E-state index in [1.807, 2.05) is 11.0 Å². The van der Waals surface area contributed by atoms with E-state index < -0.39 is 11.5 Å². The zero-order chi connectivity index (χ0) is 14.9. The predicted octanol–water partition coefficient (Wildman–Crippen LogP) is 0.971. The van der Waals surface area contributed by atoms with E-state index >= 15 is 0 Å². The van der Waals surface area contributed by atoms with Crippen LogP contribution in [0.5, 0.6) is 0 Å². The number of nitriles is 1. The molecule has 1 aromatic rings. The normalized spacial score (nSPS) is 17.2. The van der Waals surface area contributed by atoms with E-state index in [2.05, 4.69) is 5.32 Å². The molecule has 0 bridgehead atoms. The van der Waals surface area contributed by atoms with E-state index in [0.29, 0.717) is 18.8 Å². The van der Waals surface area contributed by atoms with E-state index in [1.165, 1.54) is 12.1 Å². The van der Waals surface area contributed by atoms with Crippen LogP contribution in [0.4, 0.5) is 5.69 Å². The van der Waals surface area contributed by atoms with Crippen molar-refractivity contribution in [3.05, 3.63) is 29.3 Å². The quantitative estimate of drug-likeness (QED) is 0.837. The van der Waals surface area contributed by atoms with E-state index in [9.17, 15) is 14.9 Å². The molecule has 0 unspecified atom stereocenters. The molecule has 104 valence electrons. The summed E-state index contributed by atoms with van der Waals surface area (Å²) in [6.45, 7) is 4.61. The molecule has 1 saturated heterocycles.